The van der Waals surface area contributed by atoms with Gasteiger partial charge in [-0.3, -0.25) is 4.79 Å². The Balaban J connectivity index is 1.92. The molecular formula is C25H25N3O2. The molecule has 0 atom stereocenters. The second-order valence-electron chi connectivity index (χ2n) is 7.30. The largest absolute Gasteiger partial charge is 0.497 e. The molecule has 1 N–H and O–H groups in total. The van der Waals surface area contributed by atoms with E-state index in [9.17, 15) is 10.1 Å². The van der Waals surface area contributed by atoms with Crippen LogP contribution in [0.4, 0.5) is 5.69 Å². The van der Waals surface area contributed by atoms with E-state index in [1.807, 2.05) is 26.0 Å². The van der Waals surface area contributed by atoms with Crippen LogP contribution in [0.5, 0.6) is 5.75 Å². The zero-order valence-electron chi connectivity index (χ0n) is 17.9. The van der Waals surface area contributed by atoms with E-state index in [0.717, 1.165) is 22.6 Å². The van der Waals surface area contributed by atoms with Crippen LogP contribution >= 0.6 is 0 Å². The van der Waals surface area contributed by atoms with Crippen LogP contribution in [0.25, 0.3) is 11.8 Å². The van der Waals surface area contributed by atoms with Crippen molar-refractivity contribution >= 4 is 17.7 Å². The summed E-state index contributed by atoms with van der Waals surface area (Å²) in [4.78, 5) is 12.6. The molecule has 0 saturated carbocycles. The SMILES string of the molecule is COc1ccc(NC(=O)/C(C#N)=C\c2cc(C)n(-c3ccc(C)cc3C)c2C)cc1. The van der Waals surface area contributed by atoms with Crippen LogP contribution in [-0.2, 0) is 4.79 Å². The molecule has 30 heavy (non-hydrogen) atoms. The molecule has 0 unspecified atom stereocenters. The van der Waals surface area contributed by atoms with Gasteiger partial charge < -0.3 is 14.6 Å². The van der Waals surface area contributed by atoms with Crippen LogP contribution in [0.2, 0.25) is 0 Å². The summed E-state index contributed by atoms with van der Waals surface area (Å²) in [6.07, 6.45) is 1.64. The van der Waals surface area contributed by atoms with E-state index in [2.05, 4.69) is 41.9 Å². The fraction of sp³-hybridized carbons (Fsp3) is 0.200. The number of nitrogens with zero attached hydrogens (tertiary/aromatic N) is 2. The van der Waals surface area contributed by atoms with Crippen LogP contribution < -0.4 is 10.1 Å². The number of nitriles is 1. The number of carbonyl (C=O) groups excluding carboxylic acids is 1. The minimum atomic E-state index is -0.445. The third-order valence-corrected chi connectivity index (χ3v) is 5.08. The lowest BCUT2D eigenvalue weighted by atomic mass is 10.1. The lowest BCUT2D eigenvalue weighted by Crippen LogP contribution is -2.13. The van der Waals surface area contributed by atoms with Gasteiger partial charge in [0.25, 0.3) is 5.91 Å². The molecule has 0 aliphatic rings. The first-order valence-corrected chi connectivity index (χ1v) is 9.68. The topological polar surface area (TPSA) is 67.0 Å². The second-order valence-corrected chi connectivity index (χ2v) is 7.30. The monoisotopic (exact) mass is 399 g/mol. The van der Waals surface area contributed by atoms with Gasteiger partial charge in [-0.15, -0.1) is 0 Å². The van der Waals surface area contributed by atoms with Gasteiger partial charge in [-0.1, -0.05) is 17.7 Å². The van der Waals surface area contributed by atoms with E-state index in [1.165, 1.54) is 11.1 Å². The van der Waals surface area contributed by atoms with Gasteiger partial charge in [-0.2, -0.15) is 5.26 Å². The van der Waals surface area contributed by atoms with Gasteiger partial charge in [0, 0.05) is 22.8 Å². The number of carbonyl (C=O) groups is 1. The van der Waals surface area contributed by atoms with Gasteiger partial charge in [-0.25, -0.2) is 0 Å². The zero-order chi connectivity index (χ0) is 21.8. The van der Waals surface area contributed by atoms with Crippen molar-refractivity contribution in [3.63, 3.8) is 0 Å². The molecule has 0 aliphatic heterocycles. The second kappa shape index (κ2) is 8.71. The summed E-state index contributed by atoms with van der Waals surface area (Å²) in [7, 11) is 1.58. The van der Waals surface area contributed by atoms with Gasteiger partial charge in [0.05, 0.1) is 7.11 Å². The predicted molar refractivity (Wildman–Crippen MR) is 120 cm³/mol. The molecule has 1 aromatic heterocycles. The number of amides is 1. The lowest BCUT2D eigenvalue weighted by Gasteiger charge is -2.13. The maximum atomic E-state index is 12.6. The Morgan fingerprint density at radius 3 is 2.37 bits per heavy atom. The van der Waals surface area contributed by atoms with E-state index in [4.69, 9.17) is 4.74 Å². The lowest BCUT2D eigenvalue weighted by molar-refractivity contribution is -0.112. The molecule has 2 aromatic carbocycles. The zero-order valence-corrected chi connectivity index (χ0v) is 17.9. The summed E-state index contributed by atoms with van der Waals surface area (Å²) in [5.74, 6) is 0.252. The van der Waals surface area contributed by atoms with Gasteiger partial charge in [0.2, 0.25) is 0 Å². The molecule has 0 aliphatic carbocycles. The van der Waals surface area contributed by atoms with Crippen molar-refractivity contribution in [1.29, 1.82) is 5.26 Å². The summed E-state index contributed by atoms with van der Waals surface area (Å²) in [5, 5.41) is 12.3. The van der Waals surface area contributed by atoms with Gasteiger partial charge >= 0.3 is 0 Å². The number of rotatable bonds is 5. The highest BCUT2D eigenvalue weighted by atomic mass is 16.5. The minimum absolute atomic E-state index is 0.0479. The summed E-state index contributed by atoms with van der Waals surface area (Å²) >= 11 is 0. The highest BCUT2D eigenvalue weighted by molar-refractivity contribution is 6.09. The van der Waals surface area contributed by atoms with E-state index < -0.39 is 5.91 Å². The fourth-order valence-corrected chi connectivity index (χ4v) is 3.54. The van der Waals surface area contributed by atoms with Crippen LogP contribution in [0.3, 0.4) is 0 Å². The van der Waals surface area contributed by atoms with Gasteiger partial charge in [0.15, 0.2) is 0 Å². The van der Waals surface area contributed by atoms with Gasteiger partial charge in [0.1, 0.15) is 17.4 Å². The van der Waals surface area contributed by atoms with Crippen LogP contribution in [0, 0.1) is 39.0 Å². The number of hydrogen-bond acceptors (Lipinski definition) is 3. The molecule has 5 nitrogen and oxygen atoms in total. The van der Waals surface area contributed by atoms with E-state index in [1.54, 1.807) is 37.5 Å². The summed E-state index contributed by atoms with van der Waals surface area (Å²) in [5.41, 5.74) is 6.98. The molecule has 1 amide bonds. The van der Waals surface area contributed by atoms with Crippen molar-refractivity contribution in [1.82, 2.24) is 4.57 Å². The number of hydrogen-bond donors (Lipinski definition) is 1. The molecule has 3 rings (SSSR count). The van der Waals surface area contributed by atoms with Gasteiger partial charge in [-0.05, 0) is 81.3 Å². The predicted octanol–water partition coefficient (Wildman–Crippen LogP) is 5.27. The smallest absolute Gasteiger partial charge is 0.266 e. The third-order valence-electron chi connectivity index (χ3n) is 5.08. The Hall–Kier alpha value is -3.78. The van der Waals surface area contributed by atoms with E-state index in [-0.39, 0.29) is 5.57 Å². The number of methoxy groups -OCH3 is 1. The summed E-state index contributed by atoms with van der Waals surface area (Å²) in [6, 6.07) is 17.3. The Morgan fingerprint density at radius 2 is 1.77 bits per heavy atom. The van der Waals surface area contributed by atoms with Crippen molar-refractivity contribution in [2.45, 2.75) is 27.7 Å². The summed E-state index contributed by atoms with van der Waals surface area (Å²) in [6.45, 7) is 8.17. The van der Waals surface area contributed by atoms with Crippen LogP contribution in [0.1, 0.15) is 28.1 Å². The molecule has 1 heterocycles. The molecule has 0 radical (unpaired) electrons. The van der Waals surface area contributed by atoms with E-state index >= 15 is 0 Å². The van der Waals surface area contributed by atoms with Crippen molar-refractivity contribution in [2.24, 2.45) is 0 Å². The number of aromatic nitrogens is 1. The summed E-state index contributed by atoms with van der Waals surface area (Å²) < 4.78 is 7.27. The standard InChI is InChI=1S/C25H25N3O2/c1-16-6-11-24(17(2)12-16)28-18(3)13-20(19(28)4)14-21(15-26)25(29)27-22-7-9-23(30-5)10-8-22/h6-14H,1-5H3,(H,27,29)/b21-14-. The third kappa shape index (κ3) is 4.28. The average molecular weight is 399 g/mol. The fourth-order valence-electron chi connectivity index (χ4n) is 3.54. The number of anilines is 1. The molecule has 0 fully saturated rings. The quantitative estimate of drug-likeness (QED) is 0.470. The maximum absolute atomic E-state index is 12.6. The number of ether oxygens (including phenoxy) is 1. The van der Waals surface area contributed by atoms with Crippen molar-refractivity contribution < 1.29 is 9.53 Å². The van der Waals surface area contributed by atoms with E-state index in [0.29, 0.717) is 11.4 Å². The highest BCUT2D eigenvalue weighted by Gasteiger charge is 2.15. The Kier molecular flexibility index (Phi) is 6.08. The molecule has 5 heteroatoms. The number of nitrogens with one attached hydrogen (secondary N) is 1. The first kappa shape index (κ1) is 20.9. The number of aryl methyl sites for hydroxylation is 3. The van der Waals surface area contributed by atoms with Crippen molar-refractivity contribution in [2.75, 3.05) is 12.4 Å². The van der Waals surface area contributed by atoms with Crippen LogP contribution in [0.15, 0.2) is 54.1 Å². The Bertz CT molecular complexity index is 1160. The molecular weight excluding hydrogens is 374 g/mol. The van der Waals surface area contributed by atoms with Crippen molar-refractivity contribution in [3.05, 3.63) is 82.2 Å². The maximum Gasteiger partial charge on any atom is 0.266 e. The highest BCUT2D eigenvalue weighted by Crippen LogP contribution is 2.26. The molecule has 3 aromatic rings. The van der Waals surface area contributed by atoms with Crippen LogP contribution in [-0.4, -0.2) is 17.6 Å². The Labute approximate surface area is 177 Å². The molecule has 0 bridgehead atoms. The number of benzene rings is 2. The normalized spacial score (nSPS) is 11.1. The molecule has 152 valence electrons. The average Bonchev–Trinajstić information content (AvgIpc) is 3.00. The van der Waals surface area contributed by atoms with Crippen molar-refractivity contribution in [3.8, 4) is 17.5 Å². The Morgan fingerprint density at radius 1 is 1.07 bits per heavy atom. The molecule has 0 saturated heterocycles. The first-order valence-electron chi connectivity index (χ1n) is 9.68. The first-order chi connectivity index (χ1) is 14.3. The molecule has 0 spiro atoms. The minimum Gasteiger partial charge on any atom is -0.497 e.